The first-order valence-corrected chi connectivity index (χ1v) is 9.29. The lowest BCUT2D eigenvalue weighted by molar-refractivity contribution is 0.0690. The van der Waals surface area contributed by atoms with Crippen LogP contribution in [-0.4, -0.2) is 53.3 Å². The predicted octanol–water partition coefficient (Wildman–Crippen LogP) is 1.22. The fourth-order valence-electron chi connectivity index (χ4n) is 2.87. The van der Waals surface area contributed by atoms with E-state index in [2.05, 4.69) is 10.3 Å². The van der Waals surface area contributed by atoms with Gasteiger partial charge < -0.3 is 10.0 Å². The lowest BCUT2D eigenvalue weighted by atomic mass is 10.3. The summed E-state index contributed by atoms with van der Waals surface area (Å²) in [5.41, 5.74) is 0.586. The molecule has 9 heteroatoms. The van der Waals surface area contributed by atoms with E-state index in [0.29, 0.717) is 23.7 Å². The van der Waals surface area contributed by atoms with E-state index in [1.54, 1.807) is 29.8 Å². The number of nitrogens with zero attached hydrogens (tertiary/aromatic N) is 4. The number of sulfone groups is 1. The molecule has 0 aliphatic carbocycles. The maximum Gasteiger partial charge on any atom is 0.358 e. The fraction of sp³-hybridized carbons (Fsp3) is 0.400. The average Bonchev–Trinajstić information content (AvgIpc) is 3.24. The number of benzene rings is 1. The molecule has 24 heavy (non-hydrogen) atoms. The third-order valence-corrected chi connectivity index (χ3v) is 5.96. The van der Waals surface area contributed by atoms with Gasteiger partial charge in [-0.15, -0.1) is 5.10 Å². The molecule has 1 aromatic carbocycles. The number of carboxylic acid groups (broad SMARTS) is 1. The number of hydrogen-bond donors (Lipinski definition) is 1. The van der Waals surface area contributed by atoms with Crippen molar-refractivity contribution >= 4 is 21.5 Å². The summed E-state index contributed by atoms with van der Waals surface area (Å²) in [6.45, 7) is 2.85. The van der Waals surface area contributed by atoms with Gasteiger partial charge in [-0.3, -0.25) is 0 Å². The highest BCUT2D eigenvalue weighted by Gasteiger charge is 2.29. The summed E-state index contributed by atoms with van der Waals surface area (Å²) in [5, 5.41) is 16.4. The Hall–Kier alpha value is -2.42. The average molecular weight is 350 g/mol. The van der Waals surface area contributed by atoms with E-state index in [0.717, 1.165) is 6.42 Å². The molecule has 3 rings (SSSR count). The van der Waals surface area contributed by atoms with Crippen molar-refractivity contribution in [2.45, 2.75) is 24.3 Å². The molecule has 0 radical (unpaired) electrons. The zero-order chi connectivity index (χ0) is 17.3. The summed E-state index contributed by atoms with van der Waals surface area (Å²) in [6.07, 6.45) is 2.15. The van der Waals surface area contributed by atoms with Crippen LogP contribution in [0.15, 0.2) is 35.4 Å². The van der Waals surface area contributed by atoms with Gasteiger partial charge in [0.05, 0.1) is 28.6 Å². The summed E-state index contributed by atoms with van der Waals surface area (Å²) >= 11 is 0. The second-order valence-electron chi connectivity index (χ2n) is 5.65. The highest BCUT2D eigenvalue weighted by atomic mass is 32.2. The molecule has 0 amide bonds. The number of aromatic nitrogens is 3. The normalized spacial score (nSPS) is 18.0. The van der Waals surface area contributed by atoms with Crippen LogP contribution in [0.5, 0.6) is 0 Å². The first-order valence-electron chi connectivity index (χ1n) is 7.64. The summed E-state index contributed by atoms with van der Waals surface area (Å²) in [6, 6.07) is 6.92. The molecular weight excluding hydrogens is 332 g/mol. The first kappa shape index (κ1) is 16.4. The zero-order valence-electron chi connectivity index (χ0n) is 13.2. The largest absolute Gasteiger partial charge is 0.476 e. The third-order valence-electron chi connectivity index (χ3n) is 4.19. The molecule has 1 saturated heterocycles. The van der Waals surface area contributed by atoms with Crippen molar-refractivity contribution in [3.63, 3.8) is 0 Å². The summed E-state index contributed by atoms with van der Waals surface area (Å²) in [5.74, 6) is -1.07. The number of para-hydroxylation sites is 1. The Morgan fingerprint density at radius 2 is 2.12 bits per heavy atom. The molecule has 1 aromatic heterocycles. The van der Waals surface area contributed by atoms with Crippen molar-refractivity contribution in [1.29, 1.82) is 0 Å². The fourth-order valence-corrected chi connectivity index (χ4v) is 3.98. The van der Waals surface area contributed by atoms with Gasteiger partial charge in [-0.2, -0.15) is 0 Å². The summed E-state index contributed by atoms with van der Waals surface area (Å²) < 4.78 is 26.1. The van der Waals surface area contributed by atoms with Crippen LogP contribution in [0.1, 0.15) is 29.9 Å². The van der Waals surface area contributed by atoms with Crippen LogP contribution in [0.25, 0.3) is 0 Å². The molecule has 1 atom stereocenters. The Morgan fingerprint density at radius 3 is 2.79 bits per heavy atom. The van der Waals surface area contributed by atoms with Crippen LogP contribution in [0, 0.1) is 0 Å². The molecule has 0 bridgehead atoms. The van der Waals surface area contributed by atoms with Gasteiger partial charge in [-0.25, -0.2) is 17.9 Å². The van der Waals surface area contributed by atoms with Crippen LogP contribution in [0.2, 0.25) is 0 Å². The van der Waals surface area contributed by atoms with Gasteiger partial charge in [0.25, 0.3) is 0 Å². The molecule has 2 aromatic rings. The van der Waals surface area contributed by atoms with E-state index in [1.807, 2.05) is 11.0 Å². The van der Waals surface area contributed by atoms with Crippen molar-refractivity contribution < 1.29 is 18.3 Å². The molecule has 8 nitrogen and oxygen atoms in total. The van der Waals surface area contributed by atoms with Gasteiger partial charge in [-0.05, 0) is 18.6 Å². The van der Waals surface area contributed by atoms with Gasteiger partial charge in [0, 0.05) is 13.1 Å². The minimum atomic E-state index is -3.31. The van der Waals surface area contributed by atoms with E-state index < -0.39 is 15.8 Å². The minimum absolute atomic E-state index is 0.0389. The minimum Gasteiger partial charge on any atom is -0.476 e. The lowest BCUT2D eigenvalue weighted by Crippen LogP contribution is -2.23. The molecule has 1 aliphatic rings. The van der Waals surface area contributed by atoms with Crippen LogP contribution in [-0.2, 0) is 9.84 Å². The summed E-state index contributed by atoms with van der Waals surface area (Å²) in [7, 11) is -3.31. The van der Waals surface area contributed by atoms with E-state index in [9.17, 15) is 13.2 Å². The Balaban J connectivity index is 1.85. The number of carboxylic acids is 1. The van der Waals surface area contributed by atoms with Crippen molar-refractivity contribution in [3.05, 3.63) is 36.2 Å². The second kappa shape index (κ2) is 6.23. The molecule has 1 aliphatic heterocycles. The SMILES string of the molecule is CCS(=O)(=O)c1ccccc1N1CCC(n2cc(C(=O)O)nn2)C1. The number of carbonyl (C=O) groups is 1. The Kier molecular flexibility index (Phi) is 4.27. The van der Waals surface area contributed by atoms with Gasteiger partial charge >= 0.3 is 5.97 Å². The highest BCUT2D eigenvalue weighted by molar-refractivity contribution is 7.91. The highest BCUT2D eigenvalue weighted by Crippen LogP contribution is 2.31. The zero-order valence-corrected chi connectivity index (χ0v) is 14.0. The van der Waals surface area contributed by atoms with Gasteiger partial charge in [-0.1, -0.05) is 24.3 Å². The quantitative estimate of drug-likeness (QED) is 0.864. The summed E-state index contributed by atoms with van der Waals surface area (Å²) in [4.78, 5) is 13.2. The van der Waals surface area contributed by atoms with Crippen molar-refractivity contribution in [2.75, 3.05) is 23.7 Å². The number of hydrogen-bond acceptors (Lipinski definition) is 6. The van der Waals surface area contributed by atoms with Gasteiger partial charge in [0.1, 0.15) is 0 Å². The first-order chi connectivity index (χ1) is 11.4. The molecular formula is C15H18N4O4S. The topological polar surface area (TPSA) is 105 Å². The Labute approximate surface area is 139 Å². The van der Waals surface area contributed by atoms with E-state index in [4.69, 9.17) is 5.11 Å². The molecule has 0 saturated carbocycles. The third kappa shape index (κ3) is 2.99. The van der Waals surface area contributed by atoms with E-state index in [-0.39, 0.29) is 17.5 Å². The van der Waals surface area contributed by atoms with Crippen molar-refractivity contribution in [1.82, 2.24) is 15.0 Å². The number of anilines is 1. The van der Waals surface area contributed by atoms with Crippen molar-refractivity contribution in [2.24, 2.45) is 0 Å². The molecule has 0 spiro atoms. The Bertz CT molecular complexity index is 862. The lowest BCUT2D eigenvalue weighted by Gasteiger charge is -2.21. The van der Waals surface area contributed by atoms with E-state index in [1.165, 1.54) is 6.20 Å². The molecule has 1 unspecified atom stereocenters. The maximum atomic E-state index is 12.3. The predicted molar refractivity (Wildman–Crippen MR) is 87.0 cm³/mol. The van der Waals surface area contributed by atoms with Crippen LogP contribution >= 0.6 is 0 Å². The standard InChI is InChI=1S/C15H18N4O4S/c1-2-24(22,23)14-6-4-3-5-13(14)18-8-7-11(9-18)19-10-12(15(20)21)16-17-19/h3-6,10-11H,2,7-9H2,1H3,(H,20,21). The maximum absolute atomic E-state index is 12.3. The van der Waals surface area contributed by atoms with Crippen LogP contribution in [0.3, 0.4) is 0 Å². The number of rotatable bonds is 5. The smallest absolute Gasteiger partial charge is 0.358 e. The van der Waals surface area contributed by atoms with Crippen LogP contribution < -0.4 is 4.90 Å². The monoisotopic (exact) mass is 350 g/mol. The van der Waals surface area contributed by atoms with Gasteiger partial charge in [0.2, 0.25) is 0 Å². The molecule has 1 N–H and O–H groups in total. The van der Waals surface area contributed by atoms with E-state index >= 15 is 0 Å². The molecule has 128 valence electrons. The molecule has 1 fully saturated rings. The van der Waals surface area contributed by atoms with Crippen molar-refractivity contribution in [3.8, 4) is 0 Å². The number of aromatic carboxylic acids is 1. The Morgan fingerprint density at radius 1 is 1.38 bits per heavy atom. The van der Waals surface area contributed by atoms with Gasteiger partial charge in [0.15, 0.2) is 15.5 Å². The molecule has 2 heterocycles. The second-order valence-corrected chi connectivity index (χ2v) is 7.90. The van der Waals surface area contributed by atoms with Crippen LogP contribution in [0.4, 0.5) is 5.69 Å².